The SMILES string of the molecule is Cc1ccc(F)cc1Oc1nc(CCl)co1. The molecule has 0 spiro atoms. The molecule has 2 aromatic rings. The maximum absolute atomic E-state index is 13.0. The molecule has 16 heavy (non-hydrogen) atoms. The Morgan fingerprint density at radius 2 is 2.31 bits per heavy atom. The van der Waals surface area contributed by atoms with Crippen molar-refractivity contribution in [2.75, 3.05) is 0 Å². The molecular weight excluding hydrogens is 233 g/mol. The number of nitrogens with zero attached hydrogens (tertiary/aromatic N) is 1. The minimum atomic E-state index is -0.371. The molecule has 0 amide bonds. The van der Waals surface area contributed by atoms with Crippen LogP contribution in [0.1, 0.15) is 11.3 Å². The van der Waals surface area contributed by atoms with Gasteiger partial charge >= 0.3 is 6.08 Å². The largest absolute Gasteiger partial charge is 0.417 e. The summed E-state index contributed by atoms with van der Waals surface area (Å²) in [5, 5.41) is 0. The van der Waals surface area contributed by atoms with Crippen molar-refractivity contribution in [1.82, 2.24) is 4.98 Å². The second-order valence-corrected chi connectivity index (χ2v) is 3.52. The molecule has 0 aliphatic rings. The maximum Gasteiger partial charge on any atom is 0.399 e. The van der Waals surface area contributed by atoms with Crippen LogP contribution >= 0.6 is 11.6 Å². The van der Waals surface area contributed by atoms with Crippen molar-refractivity contribution < 1.29 is 13.5 Å². The first-order valence-electron chi connectivity index (χ1n) is 4.63. The molecule has 0 saturated heterocycles. The van der Waals surface area contributed by atoms with Gasteiger partial charge in [-0.3, -0.25) is 0 Å². The first kappa shape index (κ1) is 11.0. The van der Waals surface area contributed by atoms with E-state index in [9.17, 15) is 4.39 Å². The van der Waals surface area contributed by atoms with Crippen molar-refractivity contribution in [2.24, 2.45) is 0 Å². The topological polar surface area (TPSA) is 35.3 Å². The van der Waals surface area contributed by atoms with Gasteiger partial charge < -0.3 is 9.15 Å². The van der Waals surface area contributed by atoms with E-state index in [1.165, 1.54) is 18.4 Å². The summed E-state index contributed by atoms with van der Waals surface area (Å²) >= 11 is 5.56. The van der Waals surface area contributed by atoms with Gasteiger partial charge in [-0.1, -0.05) is 6.07 Å². The lowest BCUT2D eigenvalue weighted by Gasteiger charge is -2.03. The normalized spacial score (nSPS) is 10.4. The Labute approximate surface area is 96.8 Å². The molecule has 1 heterocycles. The molecule has 2 rings (SSSR count). The maximum atomic E-state index is 13.0. The monoisotopic (exact) mass is 241 g/mol. The molecule has 0 aliphatic carbocycles. The van der Waals surface area contributed by atoms with Crippen LogP contribution in [-0.2, 0) is 5.88 Å². The Balaban J connectivity index is 2.22. The third-order valence-electron chi connectivity index (χ3n) is 2.02. The first-order valence-corrected chi connectivity index (χ1v) is 5.17. The van der Waals surface area contributed by atoms with E-state index in [1.807, 2.05) is 0 Å². The standard InChI is InChI=1S/C11H9ClFNO2/c1-7-2-3-8(13)4-10(7)16-11-14-9(5-12)6-15-11/h2-4,6H,5H2,1H3. The molecule has 3 nitrogen and oxygen atoms in total. The van der Waals surface area contributed by atoms with Gasteiger partial charge in [0.1, 0.15) is 17.8 Å². The number of ether oxygens (including phenoxy) is 1. The number of aromatic nitrogens is 1. The van der Waals surface area contributed by atoms with E-state index in [-0.39, 0.29) is 17.8 Å². The highest BCUT2D eigenvalue weighted by Crippen LogP contribution is 2.25. The Bertz CT molecular complexity index is 498. The molecule has 0 saturated carbocycles. The number of alkyl halides is 1. The predicted molar refractivity (Wildman–Crippen MR) is 57.3 cm³/mol. The van der Waals surface area contributed by atoms with Gasteiger partial charge in [0.2, 0.25) is 0 Å². The van der Waals surface area contributed by atoms with Crippen LogP contribution in [-0.4, -0.2) is 4.98 Å². The summed E-state index contributed by atoms with van der Waals surface area (Å²) in [5.74, 6) is 0.252. The van der Waals surface area contributed by atoms with Gasteiger partial charge in [-0.05, 0) is 18.6 Å². The van der Waals surface area contributed by atoms with E-state index >= 15 is 0 Å². The highest BCUT2D eigenvalue weighted by molar-refractivity contribution is 6.16. The van der Waals surface area contributed by atoms with E-state index in [1.54, 1.807) is 13.0 Å². The van der Waals surface area contributed by atoms with E-state index < -0.39 is 0 Å². The summed E-state index contributed by atoms with van der Waals surface area (Å²) in [6.45, 7) is 1.81. The summed E-state index contributed by atoms with van der Waals surface area (Å²) in [6, 6.07) is 4.26. The number of hydrogen-bond donors (Lipinski definition) is 0. The average Bonchev–Trinajstić information content (AvgIpc) is 2.71. The highest BCUT2D eigenvalue weighted by Gasteiger charge is 2.08. The molecule has 1 aromatic heterocycles. The number of halogens is 2. The Morgan fingerprint density at radius 1 is 1.50 bits per heavy atom. The van der Waals surface area contributed by atoms with Crippen LogP contribution in [0.25, 0.3) is 0 Å². The third-order valence-corrected chi connectivity index (χ3v) is 2.29. The van der Waals surface area contributed by atoms with Crippen LogP contribution in [0.15, 0.2) is 28.9 Å². The van der Waals surface area contributed by atoms with Crippen molar-refractivity contribution >= 4 is 11.6 Å². The summed E-state index contributed by atoms with van der Waals surface area (Å²) in [6.07, 6.45) is 1.46. The summed E-state index contributed by atoms with van der Waals surface area (Å²) in [5.41, 5.74) is 1.37. The molecule has 5 heteroatoms. The molecule has 0 atom stereocenters. The molecule has 0 aliphatic heterocycles. The van der Waals surface area contributed by atoms with Crippen molar-refractivity contribution in [3.63, 3.8) is 0 Å². The number of hydrogen-bond acceptors (Lipinski definition) is 3. The van der Waals surface area contributed by atoms with E-state index in [0.29, 0.717) is 11.4 Å². The lowest BCUT2D eigenvalue weighted by Crippen LogP contribution is -1.89. The Morgan fingerprint density at radius 3 is 3.00 bits per heavy atom. The van der Waals surface area contributed by atoms with Gasteiger partial charge in [0.15, 0.2) is 0 Å². The molecular formula is C11H9ClFNO2. The molecule has 0 N–H and O–H groups in total. The van der Waals surface area contributed by atoms with Crippen LogP contribution in [0.4, 0.5) is 4.39 Å². The van der Waals surface area contributed by atoms with Gasteiger partial charge in [0.25, 0.3) is 0 Å². The zero-order valence-corrected chi connectivity index (χ0v) is 9.29. The second-order valence-electron chi connectivity index (χ2n) is 3.25. The quantitative estimate of drug-likeness (QED) is 0.770. The van der Waals surface area contributed by atoms with E-state index in [2.05, 4.69) is 4.98 Å². The molecule has 84 valence electrons. The molecule has 0 unspecified atom stereocenters. The van der Waals surface area contributed by atoms with Crippen LogP contribution < -0.4 is 4.74 Å². The fourth-order valence-corrected chi connectivity index (χ4v) is 1.30. The highest BCUT2D eigenvalue weighted by atomic mass is 35.5. The van der Waals surface area contributed by atoms with E-state index in [0.717, 1.165) is 5.56 Å². The number of rotatable bonds is 3. The van der Waals surface area contributed by atoms with Crippen LogP contribution in [0.2, 0.25) is 0 Å². The van der Waals surface area contributed by atoms with Gasteiger partial charge in [-0.15, -0.1) is 11.6 Å². The first-order chi connectivity index (χ1) is 7.69. The minimum Gasteiger partial charge on any atom is -0.417 e. The van der Waals surface area contributed by atoms with Gasteiger partial charge in [0, 0.05) is 6.07 Å². The van der Waals surface area contributed by atoms with Crippen molar-refractivity contribution in [3.05, 3.63) is 41.5 Å². The second kappa shape index (κ2) is 4.53. The van der Waals surface area contributed by atoms with Crippen molar-refractivity contribution in [3.8, 4) is 11.8 Å². The van der Waals surface area contributed by atoms with Gasteiger partial charge in [-0.25, -0.2) is 4.39 Å². The van der Waals surface area contributed by atoms with Crippen molar-refractivity contribution in [1.29, 1.82) is 0 Å². The lowest BCUT2D eigenvalue weighted by molar-refractivity contribution is 0.328. The summed E-state index contributed by atoms with van der Waals surface area (Å²) in [7, 11) is 0. The number of aryl methyl sites for hydroxylation is 1. The summed E-state index contributed by atoms with van der Waals surface area (Å²) in [4.78, 5) is 3.95. The smallest absolute Gasteiger partial charge is 0.399 e. The number of benzene rings is 1. The Hall–Kier alpha value is -1.55. The number of oxazole rings is 1. The predicted octanol–water partition coefficient (Wildman–Crippen LogP) is 3.65. The summed E-state index contributed by atoms with van der Waals surface area (Å²) < 4.78 is 23.3. The minimum absolute atomic E-state index is 0.0596. The van der Waals surface area contributed by atoms with Crippen LogP contribution in [0.3, 0.4) is 0 Å². The van der Waals surface area contributed by atoms with Gasteiger partial charge in [0.05, 0.1) is 11.6 Å². The zero-order valence-electron chi connectivity index (χ0n) is 8.54. The third kappa shape index (κ3) is 2.33. The zero-order chi connectivity index (χ0) is 11.5. The molecule has 0 radical (unpaired) electrons. The van der Waals surface area contributed by atoms with Crippen molar-refractivity contribution in [2.45, 2.75) is 12.8 Å². The Kier molecular flexibility index (Phi) is 3.10. The van der Waals surface area contributed by atoms with E-state index in [4.69, 9.17) is 20.8 Å². The van der Waals surface area contributed by atoms with Crippen LogP contribution in [0, 0.1) is 12.7 Å². The van der Waals surface area contributed by atoms with Gasteiger partial charge in [-0.2, -0.15) is 4.98 Å². The molecule has 0 fully saturated rings. The average molecular weight is 242 g/mol. The lowest BCUT2D eigenvalue weighted by atomic mass is 10.2. The fraction of sp³-hybridized carbons (Fsp3) is 0.182. The molecule has 1 aromatic carbocycles. The van der Waals surface area contributed by atoms with Crippen LogP contribution in [0.5, 0.6) is 11.8 Å². The fourth-order valence-electron chi connectivity index (χ4n) is 1.17. The molecule has 0 bridgehead atoms.